The maximum atomic E-state index is 13.6. The van der Waals surface area contributed by atoms with Crippen LogP contribution in [0, 0.1) is 30.0 Å². The predicted octanol–water partition coefficient (Wildman–Crippen LogP) is 1.31. The Kier molecular flexibility index (Phi) is 2.24. The Morgan fingerprint density at radius 3 is 2.80 bits per heavy atom. The molecule has 0 fully saturated rings. The van der Waals surface area contributed by atoms with E-state index in [1.807, 2.05) is 6.07 Å². The highest BCUT2D eigenvalue weighted by atomic mass is 19.1. The normalized spacial score (nSPS) is 18.3. The Morgan fingerprint density at radius 2 is 2.20 bits per heavy atom. The van der Waals surface area contributed by atoms with Gasteiger partial charge in [-0.15, -0.1) is 0 Å². The molecule has 1 atom stereocenters. The minimum Gasteiger partial charge on any atom is -0.303 e. The van der Waals surface area contributed by atoms with Crippen molar-refractivity contribution in [2.75, 3.05) is 0 Å². The summed E-state index contributed by atoms with van der Waals surface area (Å²) in [7, 11) is 0. The number of aryl methyl sites for hydroxylation is 1. The number of aromatic nitrogens is 1. The number of nitriles is 1. The van der Waals surface area contributed by atoms with Gasteiger partial charge in [0.25, 0.3) is 0 Å². The van der Waals surface area contributed by atoms with E-state index in [1.54, 1.807) is 0 Å². The van der Waals surface area contributed by atoms with Crippen molar-refractivity contribution in [3.05, 3.63) is 28.3 Å². The van der Waals surface area contributed by atoms with Gasteiger partial charge in [0.15, 0.2) is 0 Å². The third kappa shape index (κ3) is 1.40. The van der Waals surface area contributed by atoms with Crippen LogP contribution in [0.2, 0.25) is 0 Å². The highest BCUT2D eigenvalue weighted by Gasteiger charge is 2.28. The van der Waals surface area contributed by atoms with Crippen LogP contribution in [0.15, 0.2) is 0 Å². The molecule has 1 aliphatic carbocycles. The number of hydrogen-bond acceptors (Lipinski definition) is 3. The maximum Gasteiger partial charge on any atom is 0.147 e. The zero-order chi connectivity index (χ0) is 11.0. The molecule has 0 amide bonds. The third-order valence-electron chi connectivity index (χ3n) is 2.74. The van der Waals surface area contributed by atoms with Gasteiger partial charge in [0.1, 0.15) is 23.9 Å². The highest BCUT2D eigenvalue weighted by molar-refractivity contribution is 5.59. The molecule has 1 unspecified atom stereocenters. The largest absolute Gasteiger partial charge is 0.303 e. The van der Waals surface area contributed by atoms with E-state index in [-0.39, 0.29) is 23.1 Å². The Bertz CT molecular complexity index is 476. The lowest BCUT2D eigenvalue weighted by molar-refractivity contribution is -0.110. The SMILES string of the molecule is Cc1nc(C#N)c2c(c1F)CC(C=O)C2. The Morgan fingerprint density at radius 1 is 1.53 bits per heavy atom. The number of aldehydes is 1. The molecule has 76 valence electrons. The number of fused-ring (bicyclic) bond motifs is 1. The standard InChI is InChI=1S/C11H9FN2O/c1-6-11(12)9-3-7(5-15)2-8(9)10(4-13)14-6/h5,7H,2-3H2,1H3. The fraction of sp³-hybridized carbons (Fsp3) is 0.364. The summed E-state index contributed by atoms with van der Waals surface area (Å²) < 4.78 is 13.6. The van der Waals surface area contributed by atoms with Crippen molar-refractivity contribution in [3.8, 4) is 6.07 Å². The number of carbonyl (C=O) groups excluding carboxylic acids is 1. The van der Waals surface area contributed by atoms with Gasteiger partial charge in [0.05, 0.1) is 5.69 Å². The van der Waals surface area contributed by atoms with Gasteiger partial charge < -0.3 is 4.79 Å². The number of carbonyl (C=O) groups is 1. The highest BCUT2D eigenvalue weighted by Crippen LogP contribution is 2.30. The molecule has 0 saturated carbocycles. The fourth-order valence-corrected chi connectivity index (χ4v) is 2.00. The van der Waals surface area contributed by atoms with Crippen LogP contribution in [0.3, 0.4) is 0 Å². The first kappa shape index (κ1) is 9.78. The van der Waals surface area contributed by atoms with Crippen LogP contribution in [0.5, 0.6) is 0 Å². The first-order valence-corrected chi connectivity index (χ1v) is 4.70. The van der Waals surface area contributed by atoms with Crippen LogP contribution < -0.4 is 0 Å². The first-order valence-electron chi connectivity index (χ1n) is 4.70. The molecule has 1 heterocycles. The summed E-state index contributed by atoms with van der Waals surface area (Å²) in [6.07, 6.45) is 1.64. The van der Waals surface area contributed by atoms with Crippen LogP contribution in [0.1, 0.15) is 22.5 Å². The minimum absolute atomic E-state index is 0.204. The molecule has 1 aromatic rings. The Balaban J connectivity index is 2.61. The maximum absolute atomic E-state index is 13.6. The van der Waals surface area contributed by atoms with Crippen molar-refractivity contribution in [1.82, 2.24) is 4.98 Å². The van der Waals surface area contributed by atoms with Crippen LogP contribution in [0.4, 0.5) is 4.39 Å². The molecule has 15 heavy (non-hydrogen) atoms. The van der Waals surface area contributed by atoms with Gasteiger partial charge in [-0.05, 0) is 30.9 Å². The van der Waals surface area contributed by atoms with Gasteiger partial charge in [0.2, 0.25) is 0 Å². The molecule has 1 aromatic heterocycles. The van der Waals surface area contributed by atoms with Crippen LogP contribution >= 0.6 is 0 Å². The van der Waals surface area contributed by atoms with E-state index in [9.17, 15) is 9.18 Å². The third-order valence-corrected chi connectivity index (χ3v) is 2.74. The summed E-state index contributed by atoms with van der Waals surface area (Å²) in [5.74, 6) is -0.571. The topological polar surface area (TPSA) is 53.8 Å². The van der Waals surface area contributed by atoms with Crippen molar-refractivity contribution >= 4 is 6.29 Å². The Labute approximate surface area is 86.6 Å². The van der Waals surface area contributed by atoms with Crippen LogP contribution in [-0.4, -0.2) is 11.3 Å². The molecular weight excluding hydrogens is 195 g/mol. The van der Waals surface area contributed by atoms with E-state index < -0.39 is 0 Å². The molecule has 0 aliphatic heterocycles. The second-order valence-corrected chi connectivity index (χ2v) is 3.73. The molecule has 0 saturated heterocycles. The molecular formula is C11H9FN2O. The summed E-state index contributed by atoms with van der Waals surface area (Å²) in [6.45, 7) is 1.53. The van der Waals surface area contributed by atoms with E-state index in [4.69, 9.17) is 5.26 Å². The minimum atomic E-state index is -0.367. The summed E-state index contributed by atoms with van der Waals surface area (Å²) in [6, 6.07) is 1.95. The summed E-state index contributed by atoms with van der Waals surface area (Å²) in [5, 5.41) is 8.85. The van der Waals surface area contributed by atoms with Crippen molar-refractivity contribution < 1.29 is 9.18 Å². The van der Waals surface area contributed by atoms with Crippen molar-refractivity contribution in [1.29, 1.82) is 5.26 Å². The lowest BCUT2D eigenvalue weighted by Gasteiger charge is -2.04. The van der Waals surface area contributed by atoms with E-state index in [1.165, 1.54) is 6.92 Å². The summed E-state index contributed by atoms with van der Waals surface area (Å²) in [4.78, 5) is 14.5. The van der Waals surface area contributed by atoms with Crippen LogP contribution in [0.25, 0.3) is 0 Å². The van der Waals surface area contributed by atoms with Gasteiger partial charge in [-0.1, -0.05) is 0 Å². The van der Waals surface area contributed by atoms with Gasteiger partial charge in [0, 0.05) is 5.92 Å². The zero-order valence-corrected chi connectivity index (χ0v) is 8.25. The van der Waals surface area contributed by atoms with Gasteiger partial charge in [-0.3, -0.25) is 0 Å². The number of nitrogens with zero attached hydrogens (tertiary/aromatic N) is 2. The second-order valence-electron chi connectivity index (χ2n) is 3.73. The lowest BCUT2D eigenvalue weighted by atomic mass is 10.1. The van der Waals surface area contributed by atoms with Crippen molar-refractivity contribution in [2.45, 2.75) is 19.8 Å². The molecule has 0 radical (unpaired) electrons. The first-order chi connectivity index (χ1) is 7.17. The number of rotatable bonds is 1. The number of halogens is 1. The number of hydrogen-bond donors (Lipinski definition) is 0. The Hall–Kier alpha value is -1.76. The molecule has 0 spiro atoms. The quantitative estimate of drug-likeness (QED) is 0.648. The van der Waals surface area contributed by atoms with E-state index in [0.717, 1.165) is 6.29 Å². The zero-order valence-electron chi connectivity index (χ0n) is 8.25. The molecule has 4 heteroatoms. The van der Waals surface area contributed by atoms with Gasteiger partial charge in [-0.2, -0.15) is 5.26 Å². The van der Waals surface area contributed by atoms with Crippen LogP contribution in [-0.2, 0) is 17.6 Å². The van der Waals surface area contributed by atoms with Crippen molar-refractivity contribution in [2.24, 2.45) is 5.92 Å². The van der Waals surface area contributed by atoms with Crippen molar-refractivity contribution in [3.63, 3.8) is 0 Å². The van der Waals surface area contributed by atoms with E-state index in [0.29, 0.717) is 24.0 Å². The predicted molar refractivity (Wildman–Crippen MR) is 50.6 cm³/mol. The summed E-state index contributed by atoms with van der Waals surface area (Å²) >= 11 is 0. The molecule has 0 aromatic carbocycles. The molecule has 3 nitrogen and oxygen atoms in total. The summed E-state index contributed by atoms with van der Waals surface area (Å²) in [5.41, 5.74) is 1.60. The monoisotopic (exact) mass is 204 g/mol. The fourth-order valence-electron chi connectivity index (χ4n) is 2.00. The molecule has 0 N–H and O–H groups in total. The van der Waals surface area contributed by atoms with E-state index >= 15 is 0 Å². The molecule has 0 bridgehead atoms. The average Bonchev–Trinajstić information content (AvgIpc) is 2.67. The molecule has 2 rings (SSSR count). The van der Waals surface area contributed by atoms with Gasteiger partial charge >= 0.3 is 0 Å². The molecule has 1 aliphatic rings. The second kappa shape index (κ2) is 3.43. The lowest BCUT2D eigenvalue weighted by Crippen LogP contribution is -2.00. The smallest absolute Gasteiger partial charge is 0.147 e. The van der Waals surface area contributed by atoms with Gasteiger partial charge in [-0.25, -0.2) is 9.37 Å². The van der Waals surface area contributed by atoms with E-state index in [2.05, 4.69) is 4.98 Å². The number of pyridine rings is 1. The average molecular weight is 204 g/mol.